The van der Waals surface area contributed by atoms with Crippen molar-refractivity contribution in [3.05, 3.63) is 463 Å². The Hall–Kier alpha value is -15.2. The van der Waals surface area contributed by atoms with E-state index in [1.165, 1.54) is 55.6 Å². The van der Waals surface area contributed by atoms with Gasteiger partial charge in [0.15, 0.2) is 11.6 Å². The van der Waals surface area contributed by atoms with E-state index in [2.05, 4.69) is 413 Å². The molecular weight excluding hydrogens is 1430 g/mol. The molecule has 0 saturated carbocycles. The first kappa shape index (κ1) is 68.4. The summed E-state index contributed by atoms with van der Waals surface area (Å²) in [6, 6.07) is 142. The maximum absolute atomic E-state index is 7.23. The Kier molecular flexibility index (Phi) is 16.1. The van der Waals surface area contributed by atoms with Gasteiger partial charge < -0.3 is 9.47 Å². The van der Waals surface area contributed by atoms with Gasteiger partial charge in [-0.2, -0.15) is 0 Å². The second-order valence-corrected chi connectivity index (χ2v) is 31.3. The molecule has 5 aliphatic rings. The van der Waals surface area contributed by atoms with Gasteiger partial charge in [-0.25, -0.2) is 19.9 Å². The zero-order valence-electron chi connectivity index (χ0n) is 64.3. The van der Waals surface area contributed by atoms with Crippen molar-refractivity contribution >= 4 is 5.57 Å². The number of aromatic nitrogens is 4. The minimum Gasteiger partial charge on any atom is -0.457 e. The molecule has 0 bridgehead atoms. The van der Waals surface area contributed by atoms with E-state index in [9.17, 15) is 0 Å². The van der Waals surface area contributed by atoms with E-state index in [-0.39, 0.29) is 0 Å². The highest BCUT2D eigenvalue weighted by Crippen LogP contribution is 2.65. The highest BCUT2D eigenvalue weighted by Gasteiger charge is 2.53. The summed E-state index contributed by atoms with van der Waals surface area (Å²) in [5, 5.41) is 0. The van der Waals surface area contributed by atoms with Crippen molar-refractivity contribution in [3.63, 3.8) is 0 Å². The molecule has 0 saturated heterocycles. The number of allylic oxidation sites excluding steroid dienone is 4. The monoisotopic (exact) mass is 1500 g/mol. The maximum atomic E-state index is 7.23. The quantitative estimate of drug-likeness (QED) is 0.121. The minimum absolute atomic E-state index is 0.562. The van der Waals surface area contributed by atoms with E-state index in [0.717, 1.165) is 170 Å². The Morgan fingerprint density at radius 1 is 0.195 bits per heavy atom. The van der Waals surface area contributed by atoms with Crippen molar-refractivity contribution in [2.75, 3.05) is 0 Å². The lowest BCUT2D eigenvalue weighted by Gasteiger charge is -2.40. The molecule has 0 atom stereocenters. The van der Waals surface area contributed by atoms with Crippen molar-refractivity contribution in [1.29, 1.82) is 0 Å². The van der Waals surface area contributed by atoms with E-state index >= 15 is 0 Å². The lowest BCUT2D eigenvalue weighted by atomic mass is 9.65. The zero-order valence-corrected chi connectivity index (χ0v) is 64.3. The van der Waals surface area contributed by atoms with Crippen molar-refractivity contribution < 1.29 is 9.47 Å². The van der Waals surface area contributed by atoms with Gasteiger partial charge in [-0.15, -0.1) is 0 Å². The van der Waals surface area contributed by atoms with E-state index in [1.54, 1.807) is 0 Å². The third-order valence-corrected chi connectivity index (χ3v) is 24.8. The summed E-state index contributed by atoms with van der Waals surface area (Å²) >= 11 is 0. The van der Waals surface area contributed by atoms with Crippen molar-refractivity contribution in [2.24, 2.45) is 0 Å². The fraction of sp³-hybridized carbons (Fsp3) is 0.0357. The fourth-order valence-electron chi connectivity index (χ4n) is 19.1. The van der Waals surface area contributed by atoms with Crippen LogP contribution in [0.15, 0.2) is 413 Å². The first-order valence-corrected chi connectivity index (χ1v) is 40.6. The molecule has 4 heterocycles. The molecule has 2 aromatic heterocycles. The van der Waals surface area contributed by atoms with Gasteiger partial charge in [0, 0.05) is 50.1 Å². The van der Waals surface area contributed by atoms with Crippen LogP contribution in [0, 0.1) is 0 Å². The molecule has 18 aromatic rings. The number of hydrogen-bond acceptors (Lipinski definition) is 6. The predicted octanol–water partition coefficient (Wildman–Crippen LogP) is 28.3. The summed E-state index contributed by atoms with van der Waals surface area (Å²) in [5.41, 5.74) is 36.1. The molecule has 552 valence electrons. The summed E-state index contributed by atoms with van der Waals surface area (Å²) < 4.78 is 14.0. The normalized spacial score (nSPS) is 13.6. The van der Waals surface area contributed by atoms with Crippen LogP contribution in [-0.4, -0.2) is 19.9 Å². The Morgan fingerprint density at radius 2 is 0.508 bits per heavy atom. The predicted molar refractivity (Wildman–Crippen MR) is 479 cm³/mol. The lowest BCUT2D eigenvalue weighted by Crippen LogP contribution is -2.32. The smallest absolute Gasteiger partial charge is 0.160 e. The van der Waals surface area contributed by atoms with Crippen LogP contribution >= 0.6 is 0 Å². The average molecular weight is 1510 g/mol. The molecule has 6 nitrogen and oxygen atoms in total. The number of hydrogen-bond donors (Lipinski definition) is 0. The second-order valence-electron chi connectivity index (χ2n) is 31.3. The first-order valence-electron chi connectivity index (χ1n) is 40.6. The summed E-state index contributed by atoms with van der Waals surface area (Å²) in [6.45, 7) is 0. The number of ether oxygens (including phenoxy) is 2. The van der Waals surface area contributed by atoms with E-state index in [1.807, 2.05) is 0 Å². The lowest BCUT2D eigenvalue weighted by molar-refractivity contribution is 0.436. The van der Waals surface area contributed by atoms with Crippen LogP contribution < -0.4 is 9.47 Å². The molecule has 0 N–H and O–H groups in total. The van der Waals surface area contributed by atoms with Crippen LogP contribution in [0.5, 0.6) is 23.0 Å². The molecule has 23 rings (SSSR count). The SMILES string of the molecule is C1=CC(c2cc(-c3cccc(-c4ccccc4)c3)nc(-c3ccc(-c4ccc5c(c4)C4(c6ccc(-c7ccc(-c8ccc(-c9cc(-c%10ccc(-c%11ccccc%11)cc%10)nc(-c%10ccc(-c%11ccc%12c(c%11)C%11(c%13ccccc%13O%12)c%12ccccc%12-c%12ccccc%12%11)cc%10)n9)cc8)cc7)cc6O5)c5ccccc5-c5ccccc54)cc3)n2)=CCC1. The summed E-state index contributed by atoms with van der Waals surface area (Å²) in [7, 11) is 0. The molecule has 0 amide bonds. The Balaban J connectivity index is 0.550. The molecule has 3 aliphatic carbocycles. The van der Waals surface area contributed by atoms with Gasteiger partial charge in [0.25, 0.3) is 0 Å². The van der Waals surface area contributed by atoms with Gasteiger partial charge in [0.1, 0.15) is 23.0 Å². The Bertz CT molecular complexity index is 7040. The molecular formula is C112H72N4O2. The van der Waals surface area contributed by atoms with Gasteiger partial charge in [0.05, 0.1) is 33.6 Å². The van der Waals surface area contributed by atoms with Gasteiger partial charge in [-0.3, -0.25) is 0 Å². The second kappa shape index (κ2) is 27.8. The van der Waals surface area contributed by atoms with Crippen LogP contribution in [0.4, 0.5) is 0 Å². The molecule has 2 spiro atoms. The molecule has 16 aromatic carbocycles. The fourth-order valence-corrected chi connectivity index (χ4v) is 19.1. The number of rotatable bonds is 12. The van der Waals surface area contributed by atoms with Crippen LogP contribution in [0.2, 0.25) is 0 Å². The molecule has 0 radical (unpaired) electrons. The topological polar surface area (TPSA) is 70.0 Å². The maximum Gasteiger partial charge on any atom is 0.160 e. The zero-order chi connectivity index (χ0) is 77.8. The third kappa shape index (κ3) is 11.2. The molecule has 6 heteroatoms. The summed E-state index contributed by atoms with van der Waals surface area (Å²) in [4.78, 5) is 21.3. The largest absolute Gasteiger partial charge is 0.457 e. The first-order chi connectivity index (χ1) is 58.4. The van der Waals surface area contributed by atoms with E-state index in [0.29, 0.717) is 11.6 Å². The molecule has 2 aliphatic heterocycles. The van der Waals surface area contributed by atoms with Gasteiger partial charge in [-0.05, 0) is 184 Å². The number of nitrogens with zero attached hydrogens (tertiary/aromatic N) is 4. The van der Waals surface area contributed by atoms with E-state index < -0.39 is 10.8 Å². The highest BCUT2D eigenvalue weighted by molar-refractivity contribution is 5.93. The van der Waals surface area contributed by atoms with Gasteiger partial charge in [-0.1, -0.05) is 358 Å². The third-order valence-electron chi connectivity index (χ3n) is 24.8. The van der Waals surface area contributed by atoms with E-state index in [4.69, 9.17) is 29.4 Å². The van der Waals surface area contributed by atoms with Crippen LogP contribution in [0.25, 0.3) is 151 Å². The van der Waals surface area contributed by atoms with Crippen molar-refractivity contribution in [3.8, 4) is 169 Å². The van der Waals surface area contributed by atoms with Crippen LogP contribution in [-0.2, 0) is 10.8 Å². The standard InChI is InChI=1S/C112H72N4O2/c1-4-21-71(22-5-1)73-43-51-80(52-44-73)102-69-103(115-109(114-102)82-55-47-76(48-56-82)85-60-63-106-99(66-85)111(97-37-18-19-38-105(97)117-106)93-33-14-10-29-89(93)90-30-11-15-34-94(90)111)81-53-45-75(46-54-81)74-39-41-78(42-40-74)87-59-62-98-108(68-87)118-107-64-61-86(67-100(107)112(98)95-35-16-12-31-91(95)92-32-13-17-36-96(92)112)77-49-57-83(58-50-77)110-113-101(79-25-8-3-9-26-79)70-104(116-110)88-28-20-27-84(65-88)72-23-6-2-7-24-72/h1-2,4-8,10-70H,3,9H2. The van der Waals surface area contributed by atoms with Crippen LogP contribution in [0.1, 0.15) is 63.0 Å². The van der Waals surface area contributed by atoms with Gasteiger partial charge >= 0.3 is 0 Å². The summed E-state index contributed by atoms with van der Waals surface area (Å²) in [5.74, 6) is 4.74. The Morgan fingerprint density at radius 3 is 0.983 bits per heavy atom. The number of fused-ring (bicyclic) bond motifs is 18. The number of para-hydroxylation sites is 1. The average Bonchev–Trinajstić information content (AvgIpc) is 1.49. The van der Waals surface area contributed by atoms with Crippen LogP contribution in [0.3, 0.4) is 0 Å². The number of benzene rings is 16. The molecule has 0 fully saturated rings. The van der Waals surface area contributed by atoms with Crippen molar-refractivity contribution in [1.82, 2.24) is 19.9 Å². The van der Waals surface area contributed by atoms with Gasteiger partial charge in [0.2, 0.25) is 0 Å². The molecule has 0 unspecified atom stereocenters. The minimum atomic E-state index is -0.669. The Labute approximate surface area is 685 Å². The highest BCUT2D eigenvalue weighted by atomic mass is 16.5. The summed E-state index contributed by atoms with van der Waals surface area (Å²) in [6.07, 6.45) is 8.73. The molecule has 118 heavy (non-hydrogen) atoms. The van der Waals surface area contributed by atoms with Crippen molar-refractivity contribution in [2.45, 2.75) is 23.7 Å².